The Labute approximate surface area is 373 Å². The highest BCUT2D eigenvalue weighted by molar-refractivity contribution is 5.71. The molecule has 0 heterocycles. The van der Waals surface area contributed by atoms with Crippen molar-refractivity contribution in [1.29, 1.82) is 0 Å². The van der Waals surface area contributed by atoms with Crippen LogP contribution in [0.4, 0.5) is 0 Å². The minimum atomic E-state index is -0.771. The Hall–Kier alpha value is -2.11. The van der Waals surface area contributed by atoms with Gasteiger partial charge in [-0.25, -0.2) is 0 Å². The molecule has 0 fully saturated rings. The van der Waals surface area contributed by atoms with Crippen LogP contribution in [-0.2, 0) is 28.6 Å². The van der Waals surface area contributed by atoms with Crippen LogP contribution in [0.3, 0.4) is 0 Å². The van der Waals surface area contributed by atoms with Gasteiger partial charge in [-0.1, -0.05) is 218 Å². The van der Waals surface area contributed by atoms with Crippen LogP contribution in [0.5, 0.6) is 0 Å². The molecular weight excluding hydrogens is 745 g/mol. The number of hydrogen-bond donors (Lipinski definition) is 0. The number of unbranched alkanes of at least 4 members (excludes halogenated alkanes) is 33. The first-order chi connectivity index (χ1) is 29.5. The Morgan fingerprint density at radius 3 is 0.833 bits per heavy atom. The van der Waals surface area contributed by atoms with Gasteiger partial charge in [0.2, 0.25) is 0 Å². The van der Waals surface area contributed by atoms with Crippen molar-refractivity contribution in [2.45, 2.75) is 290 Å². The van der Waals surface area contributed by atoms with E-state index in [1.807, 2.05) is 0 Å². The number of hydrogen-bond acceptors (Lipinski definition) is 6. The van der Waals surface area contributed by atoms with E-state index in [0.717, 1.165) is 64.2 Å². The molecule has 0 spiro atoms. The first kappa shape index (κ1) is 57.9. The van der Waals surface area contributed by atoms with Gasteiger partial charge in [-0.05, 0) is 70.6 Å². The molecule has 352 valence electrons. The molecule has 0 N–H and O–H groups in total. The van der Waals surface area contributed by atoms with E-state index in [1.165, 1.54) is 180 Å². The smallest absolute Gasteiger partial charge is 0.306 e. The van der Waals surface area contributed by atoms with Gasteiger partial charge in [0.15, 0.2) is 6.10 Å². The van der Waals surface area contributed by atoms with E-state index in [4.69, 9.17) is 14.2 Å². The van der Waals surface area contributed by atoms with Crippen LogP contribution in [0, 0.1) is 0 Å². The van der Waals surface area contributed by atoms with Crippen LogP contribution in [0.2, 0.25) is 0 Å². The molecule has 6 nitrogen and oxygen atoms in total. The molecule has 0 saturated heterocycles. The quantitative estimate of drug-likeness (QED) is 0.0263. The zero-order valence-electron chi connectivity index (χ0n) is 40.2. The van der Waals surface area contributed by atoms with Gasteiger partial charge in [0, 0.05) is 19.3 Å². The number of carbonyl (C=O) groups is 3. The largest absolute Gasteiger partial charge is 0.462 e. The molecule has 60 heavy (non-hydrogen) atoms. The summed E-state index contributed by atoms with van der Waals surface area (Å²) < 4.78 is 16.8. The summed E-state index contributed by atoms with van der Waals surface area (Å²) in [6, 6.07) is 0. The highest BCUT2D eigenvalue weighted by Gasteiger charge is 2.19. The van der Waals surface area contributed by atoms with Crippen LogP contribution >= 0.6 is 0 Å². The SMILES string of the molecule is CCCCCCC/C=C\CCCCCCCC(=O)O[C@@H](COC(=O)CCCCCCCCC/C=C\CCCCCCCCCC)COC(=O)CCCCCCCCCCC. The molecule has 0 rings (SSSR count). The summed E-state index contributed by atoms with van der Waals surface area (Å²) in [4.78, 5) is 37.9. The van der Waals surface area contributed by atoms with Crippen LogP contribution in [0.1, 0.15) is 284 Å². The van der Waals surface area contributed by atoms with Gasteiger partial charge in [-0.15, -0.1) is 0 Å². The maximum atomic E-state index is 12.8. The molecule has 0 aromatic carbocycles. The van der Waals surface area contributed by atoms with Gasteiger partial charge in [0.1, 0.15) is 13.2 Å². The maximum Gasteiger partial charge on any atom is 0.306 e. The first-order valence-corrected chi connectivity index (χ1v) is 26.3. The van der Waals surface area contributed by atoms with E-state index in [1.54, 1.807) is 0 Å². The summed E-state index contributed by atoms with van der Waals surface area (Å²) in [6.45, 7) is 6.62. The van der Waals surface area contributed by atoms with E-state index in [2.05, 4.69) is 45.1 Å². The molecule has 1 atom stereocenters. The molecular formula is C54H100O6. The van der Waals surface area contributed by atoms with Gasteiger partial charge in [-0.3, -0.25) is 14.4 Å². The Kier molecular flexibility index (Phi) is 47.8. The second-order valence-electron chi connectivity index (χ2n) is 17.8. The zero-order valence-corrected chi connectivity index (χ0v) is 40.2. The van der Waals surface area contributed by atoms with Crippen molar-refractivity contribution >= 4 is 17.9 Å². The van der Waals surface area contributed by atoms with Crippen LogP contribution in [0.15, 0.2) is 24.3 Å². The minimum Gasteiger partial charge on any atom is -0.462 e. The van der Waals surface area contributed by atoms with Crippen molar-refractivity contribution < 1.29 is 28.6 Å². The summed E-state index contributed by atoms with van der Waals surface area (Å²) in [5, 5.41) is 0. The molecule has 0 amide bonds. The predicted octanol–water partition coefficient (Wildman–Crippen LogP) is 17.2. The summed E-state index contributed by atoms with van der Waals surface area (Å²) in [5.74, 6) is -0.877. The van der Waals surface area contributed by atoms with E-state index in [-0.39, 0.29) is 31.1 Å². The molecule has 0 saturated carbocycles. The summed E-state index contributed by atoms with van der Waals surface area (Å²) in [7, 11) is 0. The van der Waals surface area contributed by atoms with E-state index in [0.29, 0.717) is 19.3 Å². The second-order valence-corrected chi connectivity index (χ2v) is 17.8. The molecule has 0 aliphatic rings. The lowest BCUT2D eigenvalue weighted by Gasteiger charge is -2.18. The highest BCUT2D eigenvalue weighted by Crippen LogP contribution is 2.15. The molecule has 0 aliphatic heterocycles. The van der Waals surface area contributed by atoms with Gasteiger partial charge >= 0.3 is 17.9 Å². The normalized spacial score (nSPS) is 12.1. The second kappa shape index (κ2) is 49.5. The van der Waals surface area contributed by atoms with Crippen molar-refractivity contribution in [2.75, 3.05) is 13.2 Å². The third-order valence-corrected chi connectivity index (χ3v) is 11.7. The summed E-state index contributed by atoms with van der Waals surface area (Å²) in [5.41, 5.74) is 0. The highest BCUT2D eigenvalue weighted by atomic mass is 16.6. The zero-order chi connectivity index (χ0) is 43.7. The fourth-order valence-corrected chi connectivity index (χ4v) is 7.67. The van der Waals surface area contributed by atoms with Gasteiger partial charge in [-0.2, -0.15) is 0 Å². The van der Waals surface area contributed by atoms with Crippen LogP contribution in [0.25, 0.3) is 0 Å². The molecule has 0 unspecified atom stereocenters. The summed E-state index contributed by atoms with van der Waals surface area (Å²) in [6.07, 6.45) is 55.9. The third kappa shape index (κ3) is 46.9. The Bertz CT molecular complexity index is 973. The lowest BCUT2D eigenvalue weighted by atomic mass is 10.1. The maximum absolute atomic E-state index is 12.8. The Morgan fingerprint density at radius 2 is 0.550 bits per heavy atom. The predicted molar refractivity (Wildman–Crippen MR) is 256 cm³/mol. The number of ether oxygens (including phenoxy) is 3. The van der Waals surface area contributed by atoms with Crippen molar-refractivity contribution in [3.05, 3.63) is 24.3 Å². The van der Waals surface area contributed by atoms with Crippen molar-refractivity contribution in [3.63, 3.8) is 0 Å². The van der Waals surface area contributed by atoms with Crippen molar-refractivity contribution in [1.82, 2.24) is 0 Å². The molecule has 0 aromatic rings. The standard InChI is InChI=1S/C54H100O6/c1-4-7-10-13-16-19-21-23-25-26-27-28-29-31-32-35-38-41-44-47-53(56)59-50-51(49-58-52(55)46-43-40-37-34-18-15-12-9-6-3)60-54(57)48-45-42-39-36-33-30-24-22-20-17-14-11-8-5-2/h22,24,26-27,51H,4-21,23,25,28-50H2,1-3H3/b24-22-,27-26-/t51-/m1/s1. The molecule has 0 bridgehead atoms. The van der Waals surface area contributed by atoms with E-state index < -0.39 is 6.10 Å². The molecule has 0 aromatic heterocycles. The topological polar surface area (TPSA) is 78.9 Å². The van der Waals surface area contributed by atoms with Gasteiger partial charge in [0.05, 0.1) is 0 Å². The number of allylic oxidation sites excluding steroid dienone is 4. The number of esters is 3. The average Bonchev–Trinajstić information content (AvgIpc) is 3.24. The monoisotopic (exact) mass is 845 g/mol. The van der Waals surface area contributed by atoms with Gasteiger partial charge in [0.25, 0.3) is 0 Å². The molecule has 0 aliphatic carbocycles. The molecule has 6 heteroatoms. The lowest BCUT2D eigenvalue weighted by Crippen LogP contribution is -2.30. The lowest BCUT2D eigenvalue weighted by molar-refractivity contribution is -0.167. The van der Waals surface area contributed by atoms with Gasteiger partial charge < -0.3 is 14.2 Å². The fourth-order valence-electron chi connectivity index (χ4n) is 7.67. The fraction of sp³-hybridized carbons (Fsp3) is 0.870. The minimum absolute atomic E-state index is 0.0728. The van der Waals surface area contributed by atoms with Crippen LogP contribution in [-0.4, -0.2) is 37.2 Å². The number of rotatable bonds is 48. The Balaban J connectivity index is 4.28. The number of carbonyl (C=O) groups excluding carboxylic acids is 3. The third-order valence-electron chi connectivity index (χ3n) is 11.7. The van der Waals surface area contributed by atoms with E-state index in [9.17, 15) is 14.4 Å². The molecule has 0 radical (unpaired) electrons. The van der Waals surface area contributed by atoms with Crippen molar-refractivity contribution in [2.24, 2.45) is 0 Å². The van der Waals surface area contributed by atoms with Crippen molar-refractivity contribution in [3.8, 4) is 0 Å². The average molecular weight is 845 g/mol. The summed E-state index contributed by atoms with van der Waals surface area (Å²) >= 11 is 0. The van der Waals surface area contributed by atoms with E-state index >= 15 is 0 Å². The Morgan fingerprint density at radius 1 is 0.317 bits per heavy atom. The van der Waals surface area contributed by atoms with Crippen LogP contribution < -0.4 is 0 Å². The first-order valence-electron chi connectivity index (χ1n) is 26.3.